The summed E-state index contributed by atoms with van der Waals surface area (Å²) in [5.41, 5.74) is 4.16. The molecule has 0 unspecified atom stereocenters. The fraction of sp³-hybridized carbons (Fsp3) is 0.375. The largest absolute Gasteiger partial charge is 0.352 e. The first-order valence-electron chi connectivity index (χ1n) is 13.8. The number of halogens is 1. The number of benzene rings is 3. The average Bonchev–Trinajstić information content (AvgIpc) is 2.90. The Labute approximate surface area is 249 Å². The lowest BCUT2D eigenvalue weighted by Crippen LogP contribution is -2.52. The summed E-state index contributed by atoms with van der Waals surface area (Å²) in [5, 5.41) is 3.42. The summed E-state index contributed by atoms with van der Waals surface area (Å²) in [5.74, 6) is -0.442. The number of aryl methyl sites for hydroxylation is 2. The van der Waals surface area contributed by atoms with Gasteiger partial charge in [-0.25, -0.2) is 8.42 Å². The molecule has 3 aromatic carbocycles. The molecule has 0 bridgehead atoms. The molecule has 1 atom stereocenters. The van der Waals surface area contributed by atoms with E-state index in [2.05, 4.69) is 5.32 Å². The summed E-state index contributed by atoms with van der Waals surface area (Å²) in [6.45, 7) is 7.95. The molecule has 0 aliphatic heterocycles. The molecule has 41 heavy (non-hydrogen) atoms. The van der Waals surface area contributed by atoms with Crippen LogP contribution in [0, 0.1) is 13.8 Å². The van der Waals surface area contributed by atoms with Gasteiger partial charge >= 0.3 is 0 Å². The number of rotatable bonds is 13. The van der Waals surface area contributed by atoms with Crippen LogP contribution in [0.1, 0.15) is 48.9 Å². The zero-order valence-electron chi connectivity index (χ0n) is 24.4. The lowest BCUT2D eigenvalue weighted by molar-refractivity contribution is -0.141. The predicted molar refractivity (Wildman–Crippen MR) is 167 cm³/mol. The highest BCUT2D eigenvalue weighted by Gasteiger charge is 2.31. The van der Waals surface area contributed by atoms with Gasteiger partial charge < -0.3 is 10.2 Å². The summed E-state index contributed by atoms with van der Waals surface area (Å²) in [4.78, 5) is 29.1. The van der Waals surface area contributed by atoms with Crippen molar-refractivity contribution in [2.24, 2.45) is 0 Å². The lowest BCUT2D eigenvalue weighted by Gasteiger charge is -2.33. The minimum absolute atomic E-state index is 0.0672. The van der Waals surface area contributed by atoms with Crippen molar-refractivity contribution < 1.29 is 18.0 Å². The monoisotopic (exact) mass is 597 g/mol. The molecule has 0 fully saturated rings. The maximum atomic E-state index is 13.9. The molecular weight excluding hydrogens is 558 g/mol. The van der Waals surface area contributed by atoms with Crippen molar-refractivity contribution in [3.8, 4) is 0 Å². The predicted octanol–water partition coefficient (Wildman–Crippen LogP) is 5.67. The molecule has 0 aromatic heterocycles. The van der Waals surface area contributed by atoms with Crippen LogP contribution < -0.4 is 9.62 Å². The summed E-state index contributed by atoms with van der Waals surface area (Å²) in [7, 11) is -3.63. The molecule has 7 nitrogen and oxygen atoms in total. The first kappa shape index (κ1) is 32.2. The molecule has 3 aromatic rings. The molecule has 0 aliphatic carbocycles. The van der Waals surface area contributed by atoms with E-state index in [0.29, 0.717) is 17.1 Å². The smallest absolute Gasteiger partial charge is 0.243 e. The van der Waals surface area contributed by atoms with Crippen LogP contribution in [0.15, 0.2) is 72.8 Å². The van der Waals surface area contributed by atoms with E-state index in [4.69, 9.17) is 11.6 Å². The molecule has 0 radical (unpaired) electrons. The molecule has 0 saturated heterocycles. The van der Waals surface area contributed by atoms with Crippen LogP contribution in [-0.2, 0) is 32.6 Å². The first-order valence-corrected chi connectivity index (χ1v) is 16.0. The number of hydrogen-bond acceptors (Lipinski definition) is 4. The second-order valence-electron chi connectivity index (χ2n) is 10.7. The Morgan fingerprint density at radius 1 is 0.927 bits per heavy atom. The van der Waals surface area contributed by atoms with Gasteiger partial charge in [-0.15, -0.1) is 0 Å². The summed E-state index contributed by atoms with van der Waals surface area (Å²) >= 11 is 6.17. The number of carbonyl (C=O) groups is 2. The van der Waals surface area contributed by atoms with Crippen molar-refractivity contribution in [1.82, 2.24) is 10.2 Å². The summed E-state index contributed by atoms with van der Waals surface area (Å²) in [6, 6.07) is 21.7. The molecule has 0 spiro atoms. The normalized spacial score (nSPS) is 12.2. The third-order valence-corrected chi connectivity index (χ3v) is 8.31. The highest BCUT2D eigenvalue weighted by molar-refractivity contribution is 7.92. The fourth-order valence-electron chi connectivity index (χ4n) is 4.74. The number of anilines is 1. The van der Waals surface area contributed by atoms with Crippen molar-refractivity contribution in [3.63, 3.8) is 0 Å². The van der Waals surface area contributed by atoms with Crippen LogP contribution in [-0.4, -0.2) is 50.0 Å². The minimum atomic E-state index is -3.63. The van der Waals surface area contributed by atoms with Crippen LogP contribution >= 0.6 is 11.6 Å². The third-order valence-electron chi connectivity index (χ3n) is 6.90. The van der Waals surface area contributed by atoms with Gasteiger partial charge in [-0.1, -0.05) is 72.3 Å². The van der Waals surface area contributed by atoms with Gasteiger partial charge in [-0.2, -0.15) is 0 Å². The second-order valence-corrected chi connectivity index (χ2v) is 13.0. The maximum Gasteiger partial charge on any atom is 0.243 e. The number of nitrogens with one attached hydrogen (secondary N) is 1. The number of hydrogen-bond donors (Lipinski definition) is 1. The SMILES string of the molecule is Cc1ccccc1CN(C(=O)CCCN(c1cc(Cl)ccc1C)S(C)(=O)=O)[C@@H](Cc1ccccc1)C(=O)NC(C)C. The molecule has 0 heterocycles. The van der Waals surface area contributed by atoms with Gasteiger partial charge in [-0.05, 0) is 68.5 Å². The van der Waals surface area contributed by atoms with Crippen LogP contribution in [0.5, 0.6) is 0 Å². The Kier molecular flexibility index (Phi) is 11.4. The number of nitrogens with zero attached hydrogens (tertiary/aromatic N) is 2. The van der Waals surface area contributed by atoms with Crippen molar-refractivity contribution in [3.05, 3.63) is 100 Å². The van der Waals surface area contributed by atoms with Crippen LogP contribution in [0.2, 0.25) is 5.02 Å². The number of amides is 2. The molecule has 0 saturated carbocycles. The van der Waals surface area contributed by atoms with E-state index in [9.17, 15) is 18.0 Å². The third kappa shape index (κ3) is 9.33. The van der Waals surface area contributed by atoms with E-state index < -0.39 is 16.1 Å². The zero-order chi connectivity index (χ0) is 30.2. The van der Waals surface area contributed by atoms with E-state index in [1.165, 1.54) is 4.31 Å². The zero-order valence-corrected chi connectivity index (χ0v) is 26.0. The van der Waals surface area contributed by atoms with E-state index in [0.717, 1.165) is 28.5 Å². The Hall–Kier alpha value is -3.36. The van der Waals surface area contributed by atoms with Crippen molar-refractivity contribution >= 4 is 39.1 Å². The van der Waals surface area contributed by atoms with E-state index in [1.807, 2.05) is 82.3 Å². The topological polar surface area (TPSA) is 86.8 Å². The van der Waals surface area contributed by atoms with Crippen LogP contribution in [0.25, 0.3) is 0 Å². The highest BCUT2D eigenvalue weighted by atomic mass is 35.5. The van der Waals surface area contributed by atoms with Crippen molar-refractivity contribution in [2.75, 3.05) is 17.1 Å². The Bertz CT molecular complexity index is 1440. The first-order chi connectivity index (χ1) is 19.4. The minimum Gasteiger partial charge on any atom is -0.352 e. The van der Waals surface area contributed by atoms with Gasteiger partial charge in [0.2, 0.25) is 21.8 Å². The van der Waals surface area contributed by atoms with Crippen molar-refractivity contribution in [1.29, 1.82) is 0 Å². The Balaban J connectivity index is 1.91. The fourth-order valence-corrected chi connectivity index (χ4v) is 5.92. The van der Waals surface area contributed by atoms with Gasteiger partial charge in [-0.3, -0.25) is 13.9 Å². The van der Waals surface area contributed by atoms with Gasteiger partial charge in [0.05, 0.1) is 11.9 Å². The summed E-state index contributed by atoms with van der Waals surface area (Å²) in [6.07, 6.45) is 1.84. The van der Waals surface area contributed by atoms with Crippen LogP contribution in [0.3, 0.4) is 0 Å². The van der Waals surface area contributed by atoms with E-state index >= 15 is 0 Å². The van der Waals surface area contributed by atoms with Gasteiger partial charge in [0.15, 0.2) is 0 Å². The molecule has 2 amide bonds. The molecule has 220 valence electrons. The number of carbonyl (C=O) groups excluding carboxylic acids is 2. The van der Waals surface area contributed by atoms with Crippen molar-refractivity contribution in [2.45, 2.75) is 65.6 Å². The lowest BCUT2D eigenvalue weighted by atomic mass is 10.0. The molecule has 9 heteroatoms. The Morgan fingerprint density at radius 2 is 1.59 bits per heavy atom. The molecule has 0 aliphatic rings. The molecular formula is C32H40ClN3O4S. The van der Waals surface area contributed by atoms with Gasteiger partial charge in [0.1, 0.15) is 6.04 Å². The molecule has 3 rings (SSSR count). The van der Waals surface area contributed by atoms with Gasteiger partial charge in [0.25, 0.3) is 0 Å². The van der Waals surface area contributed by atoms with E-state index in [1.54, 1.807) is 23.1 Å². The Morgan fingerprint density at radius 3 is 2.22 bits per heavy atom. The second kappa shape index (κ2) is 14.5. The molecule has 1 N–H and O–H groups in total. The van der Waals surface area contributed by atoms with Crippen LogP contribution in [0.4, 0.5) is 5.69 Å². The van der Waals surface area contributed by atoms with Gasteiger partial charge in [0, 0.05) is 37.0 Å². The summed E-state index contributed by atoms with van der Waals surface area (Å²) < 4.78 is 26.7. The number of sulfonamides is 1. The van der Waals surface area contributed by atoms with E-state index in [-0.39, 0.29) is 43.8 Å². The highest BCUT2D eigenvalue weighted by Crippen LogP contribution is 2.27. The standard InChI is InChI=1S/C32H40ClN3O4S/c1-23(2)34-32(38)30(20-26-13-7-6-8-14-26)35(22-27-15-10-9-12-24(27)3)31(37)16-11-19-36(41(5,39)40)29-21-28(33)18-17-25(29)4/h6-10,12-15,17-18,21,23,30H,11,16,19-20,22H2,1-5H3,(H,34,38)/t30-/m0/s1. The maximum absolute atomic E-state index is 13.9. The quantitative estimate of drug-likeness (QED) is 0.275. The average molecular weight is 598 g/mol.